The standard InChI is InChI=1S/C18H22FNO/c1-12-7-14(3)16(8-13(12)2)10-20-11-18(21)15-5-4-6-17(19)9-15/h4-9,18,20-21H,10-11H2,1-3H3. The Labute approximate surface area is 125 Å². The fourth-order valence-electron chi connectivity index (χ4n) is 2.39. The Morgan fingerprint density at radius 1 is 1.05 bits per heavy atom. The van der Waals surface area contributed by atoms with E-state index < -0.39 is 6.10 Å². The molecule has 112 valence electrons. The van der Waals surface area contributed by atoms with E-state index in [0.717, 1.165) is 0 Å². The molecule has 0 fully saturated rings. The third-order valence-corrected chi connectivity index (χ3v) is 3.84. The number of aliphatic hydroxyl groups is 1. The number of hydrogen-bond donors (Lipinski definition) is 2. The molecule has 0 radical (unpaired) electrons. The summed E-state index contributed by atoms with van der Waals surface area (Å²) in [5, 5.41) is 13.3. The third-order valence-electron chi connectivity index (χ3n) is 3.84. The lowest BCUT2D eigenvalue weighted by Gasteiger charge is -2.14. The largest absolute Gasteiger partial charge is 0.387 e. The lowest BCUT2D eigenvalue weighted by molar-refractivity contribution is 0.174. The zero-order chi connectivity index (χ0) is 15.4. The summed E-state index contributed by atoms with van der Waals surface area (Å²) in [4.78, 5) is 0. The highest BCUT2D eigenvalue weighted by Crippen LogP contribution is 2.16. The van der Waals surface area contributed by atoms with E-state index in [1.807, 2.05) is 0 Å². The van der Waals surface area contributed by atoms with Crippen molar-refractivity contribution in [2.75, 3.05) is 6.54 Å². The van der Waals surface area contributed by atoms with Crippen LogP contribution in [0.2, 0.25) is 0 Å². The SMILES string of the molecule is Cc1cc(C)c(CNCC(O)c2cccc(F)c2)cc1C. The molecule has 1 unspecified atom stereocenters. The van der Waals surface area contributed by atoms with E-state index >= 15 is 0 Å². The Kier molecular flexibility index (Phi) is 5.10. The van der Waals surface area contributed by atoms with E-state index in [1.54, 1.807) is 12.1 Å². The molecule has 0 aliphatic rings. The van der Waals surface area contributed by atoms with Gasteiger partial charge in [0.15, 0.2) is 0 Å². The summed E-state index contributed by atoms with van der Waals surface area (Å²) < 4.78 is 13.1. The predicted molar refractivity (Wildman–Crippen MR) is 83.7 cm³/mol. The summed E-state index contributed by atoms with van der Waals surface area (Å²) in [6.07, 6.45) is -0.701. The zero-order valence-corrected chi connectivity index (χ0v) is 12.8. The molecule has 2 aromatic carbocycles. The maximum atomic E-state index is 13.1. The fourth-order valence-corrected chi connectivity index (χ4v) is 2.39. The van der Waals surface area contributed by atoms with E-state index in [9.17, 15) is 9.50 Å². The number of rotatable bonds is 5. The highest BCUT2D eigenvalue weighted by molar-refractivity contribution is 5.36. The van der Waals surface area contributed by atoms with Crippen LogP contribution in [0.4, 0.5) is 4.39 Å². The molecular formula is C18H22FNO. The van der Waals surface area contributed by atoms with Gasteiger partial charge >= 0.3 is 0 Å². The van der Waals surface area contributed by atoms with E-state index in [-0.39, 0.29) is 5.82 Å². The van der Waals surface area contributed by atoms with Crippen molar-refractivity contribution < 1.29 is 9.50 Å². The first-order chi connectivity index (χ1) is 9.97. The molecule has 0 bridgehead atoms. The van der Waals surface area contributed by atoms with Crippen molar-refractivity contribution in [3.63, 3.8) is 0 Å². The molecule has 0 heterocycles. The van der Waals surface area contributed by atoms with Crippen molar-refractivity contribution in [3.8, 4) is 0 Å². The Balaban J connectivity index is 1.94. The van der Waals surface area contributed by atoms with Gasteiger partial charge in [0.1, 0.15) is 5.82 Å². The number of aryl methyl sites for hydroxylation is 3. The topological polar surface area (TPSA) is 32.3 Å². The van der Waals surface area contributed by atoms with Crippen LogP contribution in [0.25, 0.3) is 0 Å². The molecule has 2 nitrogen and oxygen atoms in total. The van der Waals surface area contributed by atoms with Gasteiger partial charge in [0, 0.05) is 13.1 Å². The van der Waals surface area contributed by atoms with Crippen LogP contribution in [0.1, 0.15) is 33.9 Å². The van der Waals surface area contributed by atoms with Crippen LogP contribution in [0.15, 0.2) is 36.4 Å². The van der Waals surface area contributed by atoms with Gasteiger partial charge in [0.05, 0.1) is 6.10 Å². The molecule has 21 heavy (non-hydrogen) atoms. The summed E-state index contributed by atoms with van der Waals surface area (Å²) in [7, 11) is 0. The highest BCUT2D eigenvalue weighted by Gasteiger charge is 2.08. The van der Waals surface area contributed by atoms with Crippen molar-refractivity contribution in [1.82, 2.24) is 5.32 Å². The minimum absolute atomic E-state index is 0.323. The first-order valence-corrected chi connectivity index (χ1v) is 7.18. The molecule has 0 spiro atoms. The summed E-state index contributed by atoms with van der Waals surface area (Å²) in [5.41, 5.74) is 5.62. The highest BCUT2D eigenvalue weighted by atomic mass is 19.1. The second kappa shape index (κ2) is 6.83. The number of hydrogen-bond acceptors (Lipinski definition) is 2. The van der Waals surface area contributed by atoms with Crippen LogP contribution in [0, 0.1) is 26.6 Å². The van der Waals surface area contributed by atoms with Crippen molar-refractivity contribution in [2.24, 2.45) is 0 Å². The van der Waals surface area contributed by atoms with Gasteiger partial charge in [-0.2, -0.15) is 0 Å². The second-order valence-electron chi connectivity index (χ2n) is 5.56. The Morgan fingerprint density at radius 3 is 2.48 bits per heavy atom. The number of halogens is 1. The van der Waals surface area contributed by atoms with Gasteiger partial charge in [-0.05, 0) is 60.7 Å². The summed E-state index contributed by atoms with van der Waals surface area (Å²) in [5.74, 6) is -0.323. The monoisotopic (exact) mass is 287 g/mol. The van der Waals surface area contributed by atoms with Gasteiger partial charge < -0.3 is 10.4 Å². The average molecular weight is 287 g/mol. The average Bonchev–Trinajstić information content (AvgIpc) is 2.44. The lowest BCUT2D eigenvalue weighted by atomic mass is 10.0. The predicted octanol–water partition coefficient (Wildman–Crippen LogP) is 3.57. The summed E-state index contributed by atoms with van der Waals surface area (Å²) in [6, 6.07) is 10.4. The Hall–Kier alpha value is -1.71. The zero-order valence-electron chi connectivity index (χ0n) is 12.8. The van der Waals surface area contributed by atoms with E-state index in [0.29, 0.717) is 18.7 Å². The van der Waals surface area contributed by atoms with E-state index in [1.165, 1.54) is 34.4 Å². The van der Waals surface area contributed by atoms with Crippen molar-refractivity contribution in [1.29, 1.82) is 0 Å². The first kappa shape index (κ1) is 15.7. The first-order valence-electron chi connectivity index (χ1n) is 7.18. The van der Waals surface area contributed by atoms with Crippen LogP contribution in [-0.4, -0.2) is 11.7 Å². The van der Waals surface area contributed by atoms with E-state index in [2.05, 4.69) is 38.2 Å². The van der Waals surface area contributed by atoms with Gasteiger partial charge in [-0.25, -0.2) is 4.39 Å². The van der Waals surface area contributed by atoms with Crippen LogP contribution in [0.5, 0.6) is 0 Å². The minimum atomic E-state index is -0.701. The van der Waals surface area contributed by atoms with Gasteiger partial charge in [-0.1, -0.05) is 24.3 Å². The number of benzene rings is 2. The van der Waals surface area contributed by atoms with Gasteiger partial charge in [0.25, 0.3) is 0 Å². The molecule has 0 aromatic heterocycles. The normalized spacial score (nSPS) is 12.4. The molecule has 0 amide bonds. The Morgan fingerprint density at radius 2 is 1.76 bits per heavy atom. The van der Waals surface area contributed by atoms with Crippen LogP contribution < -0.4 is 5.32 Å². The molecule has 0 saturated heterocycles. The maximum Gasteiger partial charge on any atom is 0.123 e. The molecule has 0 aliphatic heterocycles. The quantitative estimate of drug-likeness (QED) is 0.881. The van der Waals surface area contributed by atoms with Gasteiger partial charge in [-0.3, -0.25) is 0 Å². The number of nitrogens with one attached hydrogen (secondary N) is 1. The van der Waals surface area contributed by atoms with Crippen molar-refractivity contribution >= 4 is 0 Å². The molecular weight excluding hydrogens is 265 g/mol. The number of aliphatic hydroxyl groups excluding tert-OH is 1. The van der Waals surface area contributed by atoms with Crippen LogP contribution in [-0.2, 0) is 6.54 Å². The molecule has 0 saturated carbocycles. The third kappa shape index (κ3) is 4.13. The van der Waals surface area contributed by atoms with E-state index in [4.69, 9.17) is 0 Å². The lowest BCUT2D eigenvalue weighted by Crippen LogP contribution is -2.21. The molecule has 0 aliphatic carbocycles. The molecule has 2 aromatic rings. The minimum Gasteiger partial charge on any atom is -0.387 e. The molecule has 3 heteroatoms. The smallest absolute Gasteiger partial charge is 0.123 e. The van der Waals surface area contributed by atoms with Crippen LogP contribution in [0.3, 0.4) is 0 Å². The summed E-state index contributed by atoms with van der Waals surface area (Å²) in [6.45, 7) is 7.38. The Bertz CT molecular complexity index is 625. The molecule has 2 N–H and O–H groups in total. The summed E-state index contributed by atoms with van der Waals surface area (Å²) >= 11 is 0. The molecule has 2 rings (SSSR count). The van der Waals surface area contributed by atoms with Gasteiger partial charge in [-0.15, -0.1) is 0 Å². The van der Waals surface area contributed by atoms with Crippen LogP contribution >= 0.6 is 0 Å². The van der Waals surface area contributed by atoms with Crippen molar-refractivity contribution in [2.45, 2.75) is 33.4 Å². The fraction of sp³-hybridized carbons (Fsp3) is 0.333. The van der Waals surface area contributed by atoms with Crippen molar-refractivity contribution in [3.05, 3.63) is 70.0 Å². The second-order valence-corrected chi connectivity index (χ2v) is 5.56. The molecule has 1 atom stereocenters. The van der Waals surface area contributed by atoms with Gasteiger partial charge in [0.2, 0.25) is 0 Å². The maximum absolute atomic E-state index is 13.1.